The van der Waals surface area contributed by atoms with E-state index in [-0.39, 0.29) is 18.1 Å². The van der Waals surface area contributed by atoms with Gasteiger partial charge in [0, 0.05) is 5.75 Å². The Morgan fingerprint density at radius 1 is 1.43 bits per heavy atom. The molecule has 1 fully saturated rings. The van der Waals surface area contributed by atoms with Crippen molar-refractivity contribution in [1.82, 2.24) is 0 Å². The minimum absolute atomic E-state index is 0.0289. The fourth-order valence-electron chi connectivity index (χ4n) is 2.06. The smallest absolute Gasteiger partial charge is 0.306 e. The number of sulfone groups is 1. The van der Waals surface area contributed by atoms with Crippen LogP contribution in [0.25, 0.3) is 0 Å². The second-order valence-corrected chi connectivity index (χ2v) is 6.54. The molecule has 0 amide bonds. The molecular weight excluding hydrogens is 204 g/mol. The van der Waals surface area contributed by atoms with E-state index in [4.69, 9.17) is 5.11 Å². The Bertz CT molecular complexity index is 320. The summed E-state index contributed by atoms with van der Waals surface area (Å²) < 4.78 is 23.0. The first-order valence-corrected chi connectivity index (χ1v) is 6.54. The zero-order valence-electron chi connectivity index (χ0n) is 8.43. The predicted octanol–water partition coefficient (Wildman–Crippen LogP) is 0.920. The number of carboxylic acid groups (broad SMARTS) is 1. The molecule has 82 valence electrons. The summed E-state index contributed by atoms with van der Waals surface area (Å²) in [5.74, 6) is -1.28. The zero-order valence-corrected chi connectivity index (χ0v) is 9.25. The highest BCUT2D eigenvalue weighted by Crippen LogP contribution is 2.35. The third-order valence-electron chi connectivity index (χ3n) is 3.07. The maximum absolute atomic E-state index is 11.5. The molecule has 1 aliphatic rings. The number of aliphatic carboxylic acids is 1. The molecule has 4 nitrogen and oxygen atoms in total. The second-order valence-electron chi connectivity index (χ2n) is 3.97. The Kier molecular flexibility index (Phi) is 3.19. The Morgan fingerprint density at radius 3 is 2.36 bits per heavy atom. The number of carbonyl (C=O) groups is 1. The number of rotatable bonds is 3. The van der Waals surface area contributed by atoms with Gasteiger partial charge in [-0.25, -0.2) is 8.42 Å². The summed E-state index contributed by atoms with van der Waals surface area (Å²) in [5.41, 5.74) is 0. The normalized spacial score (nSPS) is 33.1. The van der Waals surface area contributed by atoms with Gasteiger partial charge in [0.25, 0.3) is 0 Å². The van der Waals surface area contributed by atoms with Crippen LogP contribution in [0.4, 0.5) is 0 Å². The second kappa shape index (κ2) is 3.88. The molecule has 0 bridgehead atoms. The lowest BCUT2D eigenvalue weighted by molar-refractivity contribution is -0.142. The van der Waals surface area contributed by atoms with Gasteiger partial charge in [-0.2, -0.15) is 0 Å². The molecule has 14 heavy (non-hydrogen) atoms. The van der Waals surface area contributed by atoms with Crippen LogP contribution in [0.3, 0.4) is 0 Å². The molecule has 0 saturated heterocycles. The molecule has 0 radical (unpaired) electrons. The van der Waals surface area contributed by atoms with Gasteiger partial charge < -0.3 is 5.11 Å². The summed E-state index contributed by atoms with van der Waals surface area (Å²) in [7, 11) is -3.06. The van der Waals surface area contributed by atoms with E-state index in [0.717, 1.165) is 0 Å². The van der Waals surface area contributed by atoms with Crippen molar-refractivity contribution in [3.05, 3.63) is 0 Å². The zero-order chi connectivity index (χ0) is 10.9. The van der Waals surface area contributed by atoms with Crippen molar-refractivity contribution in [1.29, 1.82) is 0 Å². The molecule has 0 aromatic rings. The van der Waals surface area contributed by atoms with E-state index in [1.165, 1.54) is 0 Å². The van der Waals surface area contributed by atoms with E-state index in [2.05, 4.69) is 0 Å². The van der Waals surface area contributed by atoms with Crippen LogP contribution >= 0.6 is 0 Å². The molecule has 5 heteroatoms. The van der Waals surface area contributed by atoms with Crippen molar-refractivity contribution in [2.24, 2.45) is 11.8 Å². The molecule has 0 aromatic carbocycles. The van der Waals surface area contributed by atoms with Gasteiger partial charge >= 0.3 is 5.97 Å². The van der Waals surface area contributed by atoms with Crippen molar-refractivity contribution in [3.63, 3.8) is 0 Å². The first kappa shape index (κ1) is 11.5. The van der Waals surface area contributed by atoms with Crippen LogP contribution in [-0.2, 0) is 14.6 Å². The van der Waals surface area contributed by atoms with Gasteiger partial charge in [-0.05, 0) is 18.8 Å². The van der Waals surface area contributed by atoms with Gasteiger partial charge in [-0.15, -0.1) is 0 Å². The Labute approximate surface area is 84.2 Å². The maximum atomic E-state index is 11.5. The van der Waals surface area contributed by atoms with Crippen molar-refractivity contribution >= 4 is 15.8 Å². The van der Waals surface area contributed by atoms with Gasteiger partial charge in [0.1, 0.15) is 0 Å². The average Bonchev–Trinajstić information content (AvgIpc) is 2.48. The minimum Gasteiger partial charge on any atom is -0.481 e. The SMILES string of the molecule is CCS(=O)(=O)[C@@H]1C[C@H](C(=O)O)[C@@H](C)C1. The van der Waals surface area contributed by atoms with Crippen LogP contribution in [0.5, 0.6) is 0 Å². The number of hydrogen-bond acceptors (Lipinski definition) is 3. The topological polar surface area (TPSA) is 71.4 Å². The molecule has 1 rings (SSSR count). The van der Waals surface area contributed by atoms with E-state index >= 15 is 0 Å². The summed E-state index contributed by atoms with van der Waals surface area (Å²) in [6.45, 7) is 3.41. The first-order chi connectivity index (χ1) is 6.38. The largest absolute Gasteiger partial charge is 0.481 e. The Morgan fingerprint density at radius 2 is 2.00 bits per heavy atom. The van der Waals surface area contributed by atoms with Gasteiger partial charge in [-0.1, -0.05) is 13.8 Å². The van der Waals surface area contributed by atoms with Crippen LogP contribution < -0.4 is 0 Å². The quantitative estimate of drug-likeness (QED) is 0.767. The molecule has 1 saturated carbocycles. The molecule has 3 atom stereocenters. The lowest BCUT2D eigenvalue weighted by atomic mass is 9.99. The summed E-state index contributed by atoms with van der Waals surface area (Å²) >= 11 is 0. The monoisotopic (exact) mass is 220 g/mol. The number of carboxylic acids is 1. The predicted molar refractivity (Wildman–Crippen MR) is 52.8 cm³/mol. The van der Waals surface area contributed by atoms with Crippen LogP contribution in [0.1, 0.15) is 26.7 Å². The average molecular weight is 220 g/mol. The van der Waals surface area contributed by atoms with E-state index in [0.29, 0.717) is 6.42 Å². The third-order valence-corrected chi connectivity index (χ3v) is 5.27. The third kappa shape index (κ3) is 2.08. The Hall–Kier alpha value is -0.580. The fraction of sp³-hybridized carbons (Fsp3) is 0.889. The van der Waals surface area contributed by atoms with Crippen LogP contribution in [0.15, 0.2) is 0 Å². The van der Waals surface area contributed by atoms with E-state index in [1.807, 2.05) is 6.92 Å². The summed E-state index contributed by atoms with van der Waals surface area (Å²) in [5, 5.41) is 8.40. The highest BCUT2D eigenvalue weighted by molar-refractivity contribution is 7.92. The molecule has 0 unspecified atom stereocenters. The fourth-order valence-corrected chi connectivity index (χ4v) is 3.63. The molecule has 1 aliphatic carbocycles. The molecular formula is C9H16O4S. The molecule has 0 aromatic heterocycles. The molecule has 0 aliphatic heterocycles. The van der Waals surface area contributed by atoms with Crippen LogP contribution in [-0.4, -0.2) is 30.5 Å². The van der Waals surface area contributed by atoms with E-state index in [1.54, 1.807) is 6.92 Å². The highest BCUT2D eigenvalue weighted by atomic mass is 32.2. The van der Waals surface area contributed by atoms with Gasteiger partial charge in [0.05, 0.1) is 11.2 Å². The van der Waals surface area contributed by atoms with Crippen molar-refractivity contribution < 1.29 is 18.3 Å². The van der Waals surface area contributed by atoms with Crippen molar-refractivity contribution in [3.8, 4) is 0 Å². The Balaban J connectivity index is 2.78. The summed E-state index contributed by atoms with van der Waals surface area (Å²) in [6.07, 6.45) is 0.778. The van der Waals surface area contributed by atoms with Gasteiger partial charge in [0.15, 0.2) is 9.84 Å². The molecule has 0 spiro atoms. The maximum Gasteiger partial charge on any atom is 0.306 e. The molecule has 0 heterocycles. The van der Waals surface area contributed by atoms with E-state index < -0.39 is 27.0 Å². The minimum atomic E-state index is -3.06. The first-order valence-electron chi connectivity index (χ1n) is 4.82. The summed E-state index contributed by atoms with van der Waals surface area (Å²) in [6, 6.07) is 0. The van der Waals surface area contributed by atoms with Crippen LogP contribution in [0, 0.1) is 11.8 Å². The lowest BCUT2D eigenvalue weighted by Crippen LogP contribution is -2.21. The number of hydrogen-bond donors (Lipinski definition) is 1. The lowest BCUT2D eigenvalue weighted by Gasteiger charge is -2.08. The van der Waals surface area contributed by atoms with Crippen molar-refractivity contribution in [2.75, 3.05) is 5.75 Å². The summed E-state index contributed by atoms with van der Waals surface area (Å²) in [4.78, 5) is 10.8. The van der Waals surface area contributed by atoms with E-state index in [9.17, 15) is 13.2 Å². The standard InChI is InChI=1S/C9H16O4S/c1-3-14(12,13)7-4-6(2)8(5-7)9(10)11/h6-8H,3-5H2,1-2H3,(H,10,11)/t6-,7-,8-/m0/s1. The van der Waals surface area contributed by atoms with Gasteiger partial charge in [0.2, 0.25) is 0 Å². The van der Waals surface area contributed by atoms with Crippen molar-refractivity contribution in [2.45, 2.75) is 31.9 Å². The highest BCUT2D eigenvalue weighted by Gasteiger charge is 2.41. The van der Waals surface area contributed by atoms with Gasteiger partial charge in [-0.3, -0.25) is 4.79 Å². The molecule has 1 N–H and O–H groups in total. The van der Waals surface area contributed by atoms with Crippen LogP contribution in [0.2, 0.25) is 0 Å².